The van der Waals surface area contributed by atoms with Crippen molar-refractivity contribution < 1.29 is 9.26 Å². The molecule has 5 heteroatoms. The Morgan fingerprint density at radius 3 is 2.69 bits per heavy atom. The molecular weight excluding hydrogens is 206 g/mol. The first-order chi connectivity index (χ1) is 7.54. The average molecular weight is 227 g/mol. The van der Waals surface area contributed by atoms with Crippen molar-refractivity contribution in [2.45, 2.75) is 39.2 Å². The second-order valence-electron chi connectivity index (χ2n) is 4.39. The van der Waals surface area contributed by atoms with Gasteiger partial charge in [0.05, 0.1) is 6.61 Å². The fourth-order valence-electron chi connectivity index (χ4n) is 1.49. The number of nitrogens with two attached hydrogens (primary N) is 1. The van der Waals surface area contributed by atoms with Gasteiger partial charge in [0, 0.05) is 13.5 Å². The standard InChI is InChI=1S/C11H21N3O2/c1-5-6-9-13-10(14-16-9)11(12,7-15-4)8(2)3/h8H,5-7,12H2,1-4H3. The third-order valence-electron chi connectivity index (χ3n) is 2.76. The summed E-state index contributed by atoms with van der Waals surface area (Å²) >= 11 is 0. The number of ether oxygens (including phenoxy) is 1. The summed E-state index contributed by atoms with van der Waals surface area (Å²) in [6.07, 6.45) is 1.76. The fourth-order valence-corrected chi connectivity index (χ4v) is 1.49. The molecule has 0 radical (unpaired) electrons. The molecule has 1 aromatic heterocycles. The Bertz CT molecular complexity index is 325. The Kier molecular flexibility index (Phi) is 4.44. The quantitative estimate of drug-likeness (QED) is 0.796. The molecule has 0 aliphatic carbocycles. The van der Waals surface area contributed by atoms with E-state index in [1.54, 1.807) is 7.11 Å². The molecule has 1 aromatic rings. The lowest BCUT2D eigenvalue weighted by Crippen LogP contribution is -2.47. The van der Waals surface area contributed by atoms with Gasteiger partial charge in [-0.25, -0.2) is 0 Å². The topological polar surface area (TPSA) is 74.2 Å². The van der Waals surface area contributed by atoms with Gasteiger partial charge in [0.2, 0.25) is 5.89 Å². The minimum Gasteiger partial charge on any atom is -0.382 e. The number of nitrogens with zero attached hydrogens (tertiary/aromatic N) is 2. The fraction of sp³-hybridized carbons (Fsp3) is 0.818. The van der Waals surface area contributed by atoms with Crippen molar-refractivity contribution in [1.29, 1.82) is 0 Å². The summed E-state index contributed by atoms with van der Waals surface area (Å²) < 4.78 is 10.3. The van der Waals surface area contributed by atoms with E-state index >= 15 is 0 Å². The highest BCUT2D eigenvalue weighted by atomic mass is 16.5. The van der Waals surface area contributed by atoms with Crippen molar-refractivity contribution >= 4 is 0 Å². The molecule has 0 saturated carbocycles. The van der Waals surface area contributed by atoms with Crippen LogP contribution < -0.4 is 5.73 Å². The van der Waals surface area contributed by atoms with Crippen LogP contribution in [0.15, 0.2) is 4.52 Å². The van der Waals surface area contributed by atoms with E-state index in [0.29, 0.717) is 18.3 Å². The van der Waals surface area contributed by atoms with E-state index in [1.807, 2.05) is 13.8 Å². The summed E-state index contributed by atoms with van der Waals surface area (Å²) in [5.74, 6) is 1.36. The molecule has 1 atom stereocenters. The normalized spacial score (nSPS) is 15.4. The van der Waals surface area contributed by atoms with Gasteiger partial charge in [-0.1, -0.05) is 25.9 Å². The minimum absolute atomic E-state index is 0.180. The van der Waals surface area contributed by atoms with E-state index in [2.05, 4.69) is 17.1 Å². The van der Waals surface area contributed by atoms with Crippen molar-refractivity contribution in [3.63, 3.8) is 0 Å². The molecule has 1 heterocycles. The van der Waals surface area contributed by atoms with E-state index in [-0.39, 0.29) is 5.92 Å². The van der Waals surface area contributed by atoms with Crippen LogP contribution in [0.1, 0.15) is 38.9 Å². The van der Waals surface area contributed by atoms with Crippen LogP contribution in [0.2, 0.25) is 0 Å². The predicted octanol–water partition coefficient (Wildman–Crippen LogP) is 1.48. The van der Waals surface area contributed by atoms with Crippen LogP contribution in [-0.4, -0.2) is 23.9 Å². The Labute approximate surface area is 96.4 Å². The molecule has 92 valence electrons. The number of rotatable bonds is 6. The second kappa shape index (κ2) is 5.41. The van der Waals surface area contributed by atoms with Gasteiger partial charge in [0.25, 0.3) is 0 Å². The van der Waals surface area contributed by atoms with Crippen LogP contribution in [0.25, 0.3) is 0 Å². The summed E-state index contributed by atoms with van der Waals surface area (Å²) in [7, 11) is 1.62. The van der Waals surface area contributed by atoms with Crippen molar-refractivity contribution in [2.75, 3.05) is 13.7 Å². The molecule has 0 fully saturated rings. The second-order valence-corrected chi connectivity index (χ2v) is 4.39. The van der Waals surface area contributed by atoms with Crippen LogP contribution in [0.4, 0.5) is 0 Å². The molecule has 0 bridgehead atoms. The van der Waals surface area contributed by atoms with Gasteiger partial charge >= 0.3 is 0 Å². The summed E-state index contributed by atoms with van der Waals surface area (Å²) in [5.41, 5.74) is 5.60. The molecule has 1 rings (SSSR count). The maximum absolute atomic E-state index is 6.27. The molecule has 0 amide bonds. The molecule has 0 spiro atoms. The first-order valence-corrected chi connectivity index (χ1v) is 5.65. The number of methoxy groups -OCH3 is 1. The SMILES string of the molecule is CCCc1nc(C(N)(COC)C(C)C)no1. The van der Waals surface area contributed by atoms with Gasteiger partial charge in [0.15, 0.2) is 5.82 Å². The molecule has 1 unspecified atom stereocenters. The first kappa shape index (κ1) is 13.1. The first-order valence-electron chi connectivity index (χ1n) is 5.65. The molecule has 0 saturated heterocycles. The number of hydrogen-bond donors (Lipinski definition) is 1. The molecule has 0 aromatic carbocycles. The lowest BCUT2D eigenvalue weighted by molar-refractivity contribution is 0.0965. The van der Waals surface area contributed by atoms with E-state index in [9.17, 15) is 0 Å². The highest BCUT2D eigenvalue weighted by Crippen LogP contribution is 2.24. The Hall–Kier alpha value is -0.940. The van der Waals surface area contributed by atoms with Crippen LogP contribution in [0, 0.1) is 5.92 Å². The van der Waals surface area contributed by atoms with E-state index in [1.165, 1.54) is 0 Å². The van der Waals surface area contributed by atoms with Crippen molar-refractivity contribution in [3.05, 3.63) is 11.7 Å². The monoisotopic (exact) mass is 227 g/mol. The van der Waals surface area contributed by atoms with Gasteiger partial charge in [-0.15, -0.1) is 0 Å². The van der Waals surface area contributed by atoms with Crippen molar-refractivity contribution in [3.8, 4) is 0 Å². The maximum Gasteiger partial charge on any atom is 0.226 e. The predicted molar refractivity (Wildman–Crippen MR) is 60.9 cm³/mol. The summed E-state index contributed by atoms with van der Waals surface area (Å²) in [5, 5.41) is 3.96. The van der Waals surface area contributed by atoms with Crippen LogP contribution in [-0.2, 0) is 16.7 Å². The average Bonchev–Trinajstić information content (AvgIpc) is 2.67. The third kappa shape index (κ3) is 2.59. The summed E-state index contributed by atoms with van der Waals surface area (Å²) in [6, 6.07) is 0. The molecule has 0 aliphatic heterocycles. The maximum atomic E-state index is 6.27. The molecule has 5 nitrogen and oxygen atoms in total. The Morgan fingerprint density at radius 2 is 2.19 bits per heavy atom. The molecule has 16 heavy (non-hydrogen) atoms. The number of aromatic nitrogens is 2. The van der Waals surface area contributed by atoms with Gasteiger partial charge in [0.1, 0.15) is 5.54 Å². The lowest BCUT2D eigenvalue weighted by Gasteiger charge is -2.29. The zero-order chi connectivity index (χ0) is 12.2. The molecular formula is C11H21N3O2. The van der Waals surface area contributed by atoms with Gasteiger partial charge in [-0.2, -0.15) is 4.98 Å². The largest absolute Gasteiger partial charge is 0.382 e. The zero-order valence-corrected chi connectivity index (χ0v) is 10.5. The van der Waals surface area contributed by atoms with E-state index in [0.717, 1.165) is 12.8 Å². The zero-order valence-electron chi connectivity index (χ0n) is 10.5. The number of hydrogen-bond acceptors (Lipinski definition) is 5. The van der Waals surface area contributed by atoms with Gasteiger partial charge in [-0.05, 0) is 12.3 Å². The van der Waals surface area contributed by atoms with Crippen LogP contribution >= 0.6 is 0 Å². The van der Waals surface area contributed by atoms with E-state index < -0.39 is 5.54 Å². The van der Waals surface area contributed by atoms with Crippen LogP contribution in [0.3, 0.4) is 0 Å². The molecule has 0 aliphatic rings. The van der Waals surface area contributed by atoms with Crippen LogP contribution in [0.5, 0.6) is 0 Å². The third-order valence-corrected chi connectivity index (χ3v) is 2.76. The summed E-state index contributed by atoms with van der Waals surface area (Å²) in [4.78, 5) is 4.33. The van der Waals surface area contributed by atoms with Gasteiger partial charge < -0.3 is 15.0 Å². The van der Waals surface area contributed by atoms with E-state index in [4.69, 9.17) is 15.0 Å². The van der Waals surface area contributed by atoms with Crippen molar-refractivity contribution in [2.24, 2.45) is 11.7 Å². The van der Waals surface area contributed by atoms with Crippen molar-refractivity contribution in [1.82, 2.24) is 10.1 Å². The Balaban J connectivity index is 2.92. The number of aryl methyl sites for hydroxylation is 1. The lowest BCUT2D eigenvalue weighted by atomic mass is 9.87. The molecule has 2 N–H and O–H groups in total. The summed E-state index contributed by atoms with van der Waals surface area (Å²) in [6.45, 7) is 6.50. The minimum atomic E-state index is -0.676. The Morgan fingerprint density at radius 1 is 1.50 bits per heavy atom. The highest BCUT2D eigenvalue weighted by Gasteiger charge is 2.36. The highest BCUT2D eigenvalue weighted by molar-refractivity contribution is 5.06. The smallest absolute Gasteiger partial charge is 0.226 e. The van der Waals surface area contributed by atoms with Gasteiger partial charge in [-0.3, -0.25) is 0 Å².